The van der Waals surface area contributed by atoms with E-state index in [-0.39, 0.29) is 17.1 Å². The highest BCUT2D eigenvalue weighted by Gasteiger charge is 2.54. The Balaban J connectivity index is 1.45. The molecule has 1 aliphatic heterocycles. The second-order valence-corrected chi connectivity index (χ2v) is 8.68. The van der Waals surface area contributed by atoms with Crippen LogP contribution in [0.4, 0.5) is 18.0 Å². The van der Waals surface area contributed by atoms with Crippen molar-refractivity contribution in [1.82, 2.24) is 14.9 Å². The number of hydrogen-bond donors (Lipinski definition) is 0. The van der Waals surface area contributed by atoms with Gasteiger partial charge < -0.3 is 9.64 Å². The van der Waals surface area contributed by atoms with Crippen LogP contribution in [-0.4, -0.2) is 45.8 Å². The number of carbonyl (C=O) groups excluding carboxylic acids is 1. The van der Waals surface area contributed by atoms with Crippen molar-refractivity contribution >= 4 is 11.7 Å². The van der Waals surface area contributed by atoms with Crippen LogP contribution in [0.25, 0.3) is 5.57 Å². The number of amides is 1. The maximum Gasteiger partial charge on any atom is 0.416 e. The molecule has 1 saturated carbocycles. The van der Waals surface area contributed by atoms with Crippen molar-refractivity contribution in [2.45, 2.75) is 51.8 Å². The molecule has 0 atom stereocenters. The summed E-state index contributed by atoms with van der Waals surface area (Å²) in [5, 5.41) is 0. The second kappa shape index (κ2) is 6.49. The minimum absolute atomic E-state index is 0.108. The minimum Gasteiger partial charge on any atom is -0.444 e. The predicted octanol–water partition coefficient (Wildman–Crippen LogP) is 4.24. The zero-order valence-corrected chi connectivity index (χ0v) is 15.8. The molecule has 2 aliphatic rings. The molecule has 1 aromatic rings. The largest absolute Gasteiger partial charge is 0.444 e. The van der Waals surface area contributed by atoms with Gasteiger partial charge in [0.25, 0.3) is 0 Å². The van der Waals surface area contributed by atoms with Crippen molar-refractivity contribution in [3.63, 3.8) is 0 Å². The van der Waals surface area contributed by atoms with Gasteiger partial charge in [0, 0.05) is 42.9 Å². The number of alkyl halides is 3. The molecule has 1 aliphatic carbocycles. The van der Waals surface area contributed by atoms with Crippen LogP contribution in [0.3, 0.4) is 0 Å². The topological polar surface area (TPSA) is 55.3 Å². The highest BCUT2D eigenvalue weighted by atomic mass is 19.4. The molecule has 1 spiro atoms. The lowest BCUT2D eigenvalue weighted by Gasteiger charge is -2.58. The fourth-order valence-corrected chi connectivity index (χ4v) is 3.82. The van der Waals surface area contributed by atoms with E-state index in [4.69, 9.17) is 4.74 Å². The van der Waals surface area contributed by atoms with Gasteiger partial charge in [0.05, 0.1) is 5.57 Å². The lowest BCUT2D eigenvalue weighted by Crippen LogP contribution is -2.64. The van der Waals surface area contributed by atoms with Crippen LogP contribution in [0, 0.1) is 11.3 Å². The molecule has 3 rings (SSSR count). The summed E-state index contributed by atoms with van der Waals surface area (Å²) in [6.07, 6.45) is 0.169. The lowest BCUT2D eigenvalue weighted by atomic mass is 9.57. The molecule has 27 heavy (non-hydrogen) atoms. The molecule has 0 N–H and O–H groups in total. The van der Waals surface area contributed by atoms with Gasteiger partial charge in [-0.3, -0.25) is 0 Å². The van der Waals surface area contributed by atoms with E-state index in [9.17, 15) is 18.0 Å². The highest BCUT2D eigenvalue weighted by Crippen LogP contribution is 2.52. The zero-order valence-electron chi connectivity index (χ0n) is 15.8. The maximum atomic E-state index is 12.6. The van der Waals surface area contributed by atoms with Crippen LogP contribution in [0.2, 0.25) is 0 Å². The Bertz CT molecular complexity index is 724. The van der Waals surface area contributed by atoms with Crippen LogP contribution in [0.5, 0.6) is 0 Å². The van der Waals surface area contributed by atoms with Gasteiger partial charge in [0.15, 0.2) is 0 Å². The number of aromatic nitrogens is 2. The van der Waals surface area contributed by atoms with Crippen molar-refractivity contribution in [1.29, 1.82) is 0 Å². The van der Waals surface area contributed by atoms with Gasteiger partial charge in [-0.2, -0.15) is 13.2 Å². The Labute approximate surface area is 156 Å². The van der Waals surface area contributed by atoms with Crippen molar-refractivity contribution in [3.05, 3.63) is 30.4 Å². The molecule has 1 saturated heterocycles. The van der Waals surface area contributed by atoms with Gasteiger partial charge in [-0.15, -0.1) is 0 Å². The van der Waals surface area contributed by atoms with Crippen molar-refractivity contribution < 1.29 is 22.7 Å². The molecule has 8 heteroatoms. The van der Waals surface area contributed by atoms with E-state index in [2.05, 4.69) is 16.5 Å². The Hall–Kier alpha value is -2.12. The van der Waals surface area contributed by atoms with Crippen LogP contribution in [0.1, 0.15) is 45.0 Å². The van der Waals surface area contributed by atoms with Gasteiger partial charge in [-0.05, 0) is 39.5 Å². The average molecular weight is 383 g/mol. The van der Waals surface area contributed by atoms with E-state index in [1.54, 1.807) is 4.90 Å². The fourth-order valence-electron chi connectivity index (χ4n) is 3.82. The number of likely N-dealkylation sites (tertiary alicyclic amines) is 1. The van der Waals surface area contributed by atoms with Gasteiger partial charge >= 0.3 is 12.3 Å². The number of nitrogens with zero attached hydrogens (tertiary/aromatic N) is 3. The first kappa shape index (κ1) is 19.6. The summed E-state index contributed by atoms with van der Waals surface area (Å²) < 4.78 is 43.2. The summed E-state index contributed by atoms with van der Waals surface area (Å²) in [5.74, 6) is 0.930. The molecule has 0 bridgehead atoms. The third-order valence-electron chi connectivity index (χ3n) is 5.01. The van der Waals surface area contributed by atoms with E-state index < -0.39 is 17.4 Å². The number of hydrogen-bond acceptors (Lipinski definition) is 4. The first-order valence-corrected chi connectivity index (χ1v) is 8.92. The van der Waals surface area contributed by atoms with Crippen LogP contribution in [0.15, 0.2) is 19.0 Å². The molecule has 2 heterocycles. The molecular weight excluding hydrogens is 359 g/mol. The Morgan fingerprint density at radius 3 is 2.30 bits per heavy atom. The summed E-state index contributed by atoms with van der Waals surface area (Å²) >= 11 is 0. The fraction of sp³-hybridized carbons (Fsp3) is 0.632. The van der Waals surface area contributed by atoms with Gasteiger partial charge in [0.1, 0.15) is 11.4 Å². The minimum atomic E-state index is -4.48. The van der Waals surface area contributed by atoms with Crippen LogP contribution in [-0.2, 0) is 11.2 Å². The maximum absolute atomic E-state index is 12.6. The Kier molecular flexibility index (Phi) is 4.72. The molecule has 0 radical (unpaired) electrons. The molecule has 0 aromatic carbocycles. The van der Waals surface area contributed by atoms with E-state index in [0.717, 1.165) is 12.8 Å². The van der Waals surface area contributed by atoms with Crippen molar-refractivity contribution in [2.75, 3.05) is 13.1 Å². The third kappa shape index (κ3) is 4.42. The predicted molar refractivity (Wildman–Crippen MR) is 93.8 cm³/mol. The monoisotopic (exact) mass is 383 g/mol. The second-order valence-electron chi connectivity index (χ2n) is 8.68. The zero-order chi connectivity index (χ0) is 20.0. The lowest BCUT2D eigenvalue weighted by molar-refractivity contribution is -0.0951. The first-order valence-electron chi connectivity index (χ1n) is 8.92. The average Bonchev–Trinajstić information content (AvgIpc) is 2.45. The van der Waals surface area contributed by atoms with E-state index in [1.165, 1.54) is 12.4 Å². The smallest absolute Gasteiger partial charge is 0.416 e. The SMILES string of the molecule is C=C(c1cnc(CC2CC3(C2)CN(C(=O)OC(C)(C)C)C3)nc1)C(F)(F)F. The highest BCUT2D eigenvalue weighted by molar-refractivity contribution is 5.69. The van der Waals surface area contributed by atoms with Gasteiger partial charge in [0.2, 0.25) is 0 Å². The number of allylic oxidation sites excluding steroid dienone is 1. The normalized spacial score (nSPS) is 19.4. The van der Waals surface area contributed by atoms with Gasteiger partial charge in [-0.1, -0.05) is 6.58 Å². The van der Waals surface area contributed by atoms with E-state index in [0.29, 0.717) is 31.3 Å². The first-order chi connectivity index (χ1) is 12.4. The molecule has 5 nitrogen and oxygen atoms in total. The summed E-state index contributed by atoms with van der Waals surface area (Å²) in [6, 6.07) is 0. The molecule has 1 aromatic heterocycles. The molecule has 148 valence electrons. The number of carbonyl (C=O) groups is 1. The standard InChI is InChI=1S/C19H24F3N3O2/c1-12(19(20,21)22)14-8-23-15(24-9-14)5-13-6-18(7-13)10-25(11-18)16(26)27-17(2,3)4/h8-9,13H,1,5-7,10-11H2,2-4H3. The number of halogens is 3. The van der Waals surface area contributed by atoms with Crippen LogP contribution < -0.4 is 0 Å². The summed E-state index contributed by atoms with van der Waals surface area (Å²) in [5.41, 5.74) is -1.38. The number of rotatable bonds is 3. The molecule has 2 fully saturated rings. The summed E-state index contributed by atoms with van der Waals surface area (Å²) in [7, 11) is 0. The number of ether oxygens (including phenoxy) is 1. The molecular formula is C19H24F3N3O2. The Morgan fingerprint density at radius 2 is 1.81 bits per heavy atom. The van der Waals surface area contributed by atoms with E-state index >= 15 is 0 Å². The third-order valence-corrected chi connectivity index (χ3v) is 5.01. The van der Waals surface area contributed by atoms with Crippen LogP contribution >= 0.6 is 0 Å². The summed E-state index contributed by atoms with van der Waals surface area (Å²) in [6.45, 7) is 9.97. The van der Waals surface area contributed by atoms with E-state index in [1.807, 2.05) is 20.8 Å². The van der Waals surface area contributed by atoms with Crippen molar-refractivity contribution in [3.8, 4) is 0 Å². The summed E-state index contributed by atoms with van der Waals surface area (Å²) in [4.78, 5) is 21.8. The quantitative estimate of drug-likeness (QED) is 0.783. The van der Waals surface area contributed by atoms with Gasteiger partial charge in [-0.25, -0.2) is 14.8 Å². The van der Waals surface area contributed by atoms with Crippen molar-refractivity contribution in [2.24, 2.45) is 11.3 Å². The molecule has 1 amide bonds. The Morgan fingerprint density at radius 1 is 1.26 bits per heavy atom. The molecule has 0 unspecified atom stereocenters.